The van der Waals surface area contributed by atoms with Gasteiger partial charge in [-0.15, -0.1) is 0 Å². The molecule has 2 aliphatic heterocycles. The number of hydrogen-bond donors (Lipinski definition) is 2. The Morgan fingerprint density at radius 1 is 1.30 bits per heavy atom. The number of benzene rings is 1. The van der Waals surface area contributed by atoms with Gasteiger partial charge in [0.1, 0.15) is 6.04 Å². The van der Waals surface area contributed by atoms with Crippen LogP contribution in [0.25, 0.3) is 0 Å². The van der Waals surface area contributed by atoms with Crippen LogP contribution >= 0.6 is 23.2 Å². The zero-order valence-corrected chi connectivity index (χ0v) is 14.2. The molecule has 2 saturated heterocycles. The van der Waals surface area contributed by atoms with Gasteiger partial charge in [0.15, 0.2) is 0 Å². The number of likely N-dealkylation sites (tertiary alicyclic amines) is 1. The van der Waals surface area contributed by atoms with Crippen molar-refractivity contribution >= 4 is 35.0 Å². The molecule has 1 unspecified atom stereocenters. The van der Waals surface area contributed by atoms with E-state index in [1.807, 2.05) is 0 Å². The number of halogens is 2. The predicted octanol–water partition coefficient (Wildman–Crippen LogP) is 1.93. The van der Waals surface area contributed by atoms with Gasteiger partial charge in [0.25, 0.3) is 5.91 Å². The molecule has 2 fully saturated rings. The van der Waals surface area contributed by atoms with Crippen molar-refractivity contribution in [3.63, 3.8) is 0 Å². The molecule has 0 aromatic heterocycles. The molecule has 1 aromatic carbocycles. The van der Waals surface area contributed by atoms with E-state index < -0.39 is 6.04 Å². The molecule has 0 saturated carbocycles. The molecule has 0 radical (unpaired) electrons. The maximum Gasteiger partial charge on any atom is 0.256 e. The standard InChI is InChI=1S/C16H19Cl2N3O2/c17-11-3-4-13(18)12(6-11)16(23)21-5-1-2-14(21)15(22)20-9-10-7-19-8-10/h3-4,6,10,14,19H,1-2,5,7-9H2,(H,20,22). The molecule has 7 heteroatoms. The molecule has 0 bridgehead atoms. The minimum atomic E-state index is -0.425. The summed E-state index contributed by atoms with van der Waals surface area (Å²) in [5, 5.41) is 6.94. The van der Waals surface area contributed by atoms with E-state index in [9.17, 15) is 9.59 Å². The van der Waals surface area contributed by atoms with Crippen molar-refractivity contribution in [1.29, 1.82) is 0 Å². The number of amides is 2. The average molecular weight is 356 g/mol. The molecule has 2 aliphatic rings. The second-order valence-electron chi connectivity index (χ2n) is 6.05. The summed E-state index contributed by atoms with van der Waals surface area (Å²) in [7, 11) is 0. The minimum absolute atomic E-state index is 0.0825. The molecule has 23 heavy (non-hydrogen) atoms. The van der Waals surface area contributed by atoms with Crippen LogP contribution in [0.5, 0.6) is 0 Å². The summed E-state index contributed by atoms with van der Waals surface area (Å²) in [5.74, 6) is 0.174. The van der Waals surface area contributed by atoms with Gasteiger partial charge >= 0.3 is 0 Å². The van der Waals surface area contributed by atoms with Crippen LogP contribution in [-0.4, -0.2) is 48.9 Å². The van der Waals surface area contributed by atoms with Gasteiger partial charge in [0.2, 0.25) is 5.91 Å². The largest absolute Gasteiger partial charge is 0.354 e. The van der Waals surface area contributed by atoms with Crippen molar-refractivity contribution in [3.8, 4) is 0 Å². The first kappa shape index (κ1) is 16.6. The van der Waals surface area contributed by atoms with Gasteiger partial charge in [0.05, 0.1) is 10.6 Å². The fourth-order valence-corrected chi connectivity index (χ4v) is 3.32. The van der Waals surface area contributed by atoms with E-state index in [2.05, 4.69) is 10.6 Å². The summed E-state index contributed by atoms with van der Waals surface area (Å²) in [6.07, 6.45) is 1.49. The third kappa shape index (κ3) is 3.62. The Morgan fingerprint density at radius 3 is 2.78 bits per heavy atom. The summed E-state index contributed by atoms with van der Waals surface area (Å²) in [6.45, 7) is 3.09. The summed E-state index contributed by atoms with van der Waals surface area (Å²) < 4.78 is 0. The fourth-order valence-electron chi connectivity index (χ4n) is 2.95. The highest BCUT2D eigenvalue weighted by Crippen LogP contribution is 2.26. The molecule has 2 N–H and O–H groups in total. The molecule has 0 spiro atoms. The van der Waals surface area contributed by atoms with Gasteiger partial charge in [-0.1, -0.05) is 23.2 Å². The van der Waals surface area contributed by atoms with E-state index in [1.54, 1.807) is 23.1 Å². The van der Waals surface area contributed by atoms with E-state index >= 15 is 0 Å². The second kappa shape index (κ2) is 7.07. The van der Waals surface area contributed by atoms with Crippen LogP contribution in [0.15, 0.2) is 18.2 Å². The molecule has 124 valence electrons. The zero-order chi connectivity index (χ0) is 16.4. The Morgan fingerprint density at radius 2 is 2.09 bits per heavy atom. The first-order chi connectivity index (χ1) is 11.1. The fraction of sp³-hybridized carbons (Fsp3) is 0.500. The maximum absolute atomic E-state index is 12.7. The second-order valence-corrected chi connectivity index (χ2v) is 6.89. The molecule has 1 atom stereocenters. The summed E-state index contributed by atoms with van der Waals surface area (Å²) in [5.41, 5.74) is 0.349. The molecule has 0 aliphatic carbocycles. The number of nitrogens with zero attached hydrogens (tertiary/aromatic N) is 1. The Hall–Kier alpha value is -1.30. The number of nitrogens with one attached hydrogen (secondary N) is 2. The lowest BCUT2D eigenvalue weighted by Gasteiger charge is -2.29. The van der Waals surface area contributed by atoms with Gasteiger partial charge in [0, 0.05) is 37.1 Å². The van der Waals surface area contributed by atoms with Crippen LogP contribution < -0.4 is 10.6 Å². The van der Waals surface area contributed by atoms with Crippen molar-refractivity contribution in [2.24, 2.45) is 5.92 Å². The molecule has 5 nitrogen and oxygen atoms in total. The van der Waals surface area contributed by atoms with Gasteiger partial charge in [-0.05, 0) is 31.0 Å². The Kier molecular flexibility index (Phi) is 5.09. The van der Waals surface area contributed by atoms with E-state index in [-0.39, 0.29) is 11.8 Å². The monoisotopic (exact) mass is 355 g/mol. The van der Waals surface area contributed by atoms with Crippen LogP contribution in [0.4, 0.5) is 0 Å². The van der Waals surface area contributed by atoms with E-state index in [1.165, 1.54) is 0 Å². The number of carbonyl (C=O) groups excluding carboxylic acids is 2. The normalized spacial score (nSPS) is 21.1. The molecular formula is C16H19Cl2N3O2. The molecule has 1 aromatic rings. The minimum Gasteiger partial charge on any atom is -0.354 e. The highest BCUT2D eigenvalue weighted by atomic mass is 35.5. The van der Waals surface area contributed by atoms with Crippen LogP contribution in [0.2, 0.25) is 10.0 Å². The quantitative estimate of drug-likeness (QED) is 0.867. The van der Waals surface area contributed by atoms with Crippen LogP contribution in [0.3, 0.4) is 0 Å². The Labute approximate surface area is 145 Å². The summed E-state index contributed by atoms with van der Waals surface area (Å²) >= 11 is 12.1. The van der Waals surface area contributed by atoms with Crippen molar-refractivity contribution in [2.75, 3.05) is 26.2 Å². The first-order valence-electron chi connectivity index (χ1n) is 7.80. The van der Waals surface area contributed by atoms with E-state index in [0.29, 0.717) is 41.0 Å². The lowest BCUT2D eigenvalue weighted by molar-refractivity contribution is -0.125. The van der Waals surface area contributed by atoms with Crippen LogP contribution in [0.1, 0.15) is 23.2 Å². The van der Waals surface area contributed by atoms with Crippen molar-refractivity contribution in [2.45, 2.75) is 18.9 Å². The molecule has 2 heterocycles. The first-order valence-corrected chi connectivity index (χ1v) is 8.56. The Balaban J connectivity index is 1.68. The number of hydrogen-bond acceptors (Lipinski definition) is 3. The third-order valence-electron chi connectivity index (χ3n) is 4.41. The predicted molar refractivity (Wildman–Crippen MR) is 89.9 cm³/mol. The number of carbonyl (C=O) groups is 2. The van der Waals surface area contributed by atoms with Gasteiger partial charge in [-0.25, -0.2) is 0 Å². The number of rotatable bonds is 4. The van der Waals surface area contributed by atoms with Gasteiger partial charge in [-0.3, -0.25) is 9.59 Å². The lowest BCUT2D eigenvalue weighted by Crippen LogP contribution is -2.51. The van der Waals surface area contributed by atoms with Gasteiger partial charge in [-0.2, -0.15) is 0 Å². The smallest absolute Gasteiger partial charge is 0.256 e. The van der Waals surface area contributed by atoms with Crippen LogP contribution in [0, 0.1) is 5.92 Å². The topological polar surface area (TPSA) is 61.4 Å². The van der Waals surface area contributed by atoms with Crippen molar-refractivity contribution in [1.82, 2.24) is 15.5 Å². The van der Waals surface area contributed by atoms with E-state index in [4.69, 9.17) is 23.2 Å². The maximum atomic E-state index is 12.7. The zero-order valence-electron chi connectivity index (χ0n) is 12.6. The molecule has 3 rings (SSSR count). The third-order valence-corrected chi connectivity index (χ3v) is 4.97. The summed E-state index contributed by atoms with van der Waals surface area (Å²) in [6, 6.07) is 4.37. The average Bonchev–Trinajstić information content (AvgIpc) is 2.97. The van der Waals surface area contributed by atoms with Crippen molar-refractivity contribution in [3.05, 3.63) is 33.8 Å². The highest BCUT2D eigenvalue weighted by molar-refractivity contribution is 6.35. The van der Waals surface area contributed by atoms with Gasteiger partial charge < -0.3 is 15.5 Å². The Bertz CT molecular complexity index is 619. The molecule has 2 amide bonds. The summed E-state index contributed by atoms with van der Waals surface area (Å²) in [4.78, 5) is 26.7. The van der Waals surface area contributed by atoms with E-state index in [0.717, 1.165) is 19.5 Å². The SMILES string of the molecule is O=C(NCC1CNC1)C1CCCN1C(=O)c1cc(Cl)ccc1Cl. The molecular weight excluding hydrogens is 337 g/mol. The van der Waals surface area contributed by atoms with Crippen LogP contribution in [-0.2, 0) is 4.79 Å². The van der Waals surface area contributed by atoms with Crippen molar-refractivity contribution < 1.29 is 9.59 Å². The lowest BCUT2D eigenvalue weighted by atomic mass is 10.0. The highest BCUT2D eigenvalue weighted by Gasteiger charge is 2.35.